The van der Waals surface area contributed by atoms with Crippen LogP contribution in [0.3, 0.4) is 0 Å². The molecule has 3 aromatic rings. The molecule has 4 heterocycles. The average molecular weight is 301 g/mol. The third kappa shape index (κ3) is 1.93. The molecule has 1 aliphatic rings. The zero-order chi connectivity index (χ0) is 14.2. The maximum atomic E-state index is 12.9. The second-order valence-corrected chi connectivity index (χ2v) is 5.60. The summed E-state index contributed by atoms with van der Waals surface area (Å²) >= 11 is 1.39. The van der Waals surface area contributed by atoms with Crippen molar-refractivity contribution < 1.29 is 4.79 Å². The monoisotopic (exact) mass is 301 g/mol. The Bertz CT molecular complexity index is 775. The molecule has 1 amide bonds. The highest BCUT2D eigenvalue weighted by molar-refractivity contribution is 7.12. The van der Waals surface area contributed by atoms with Crippen LogP contribution in [0.25, 0.3) is 5.69 Å². The first-order valence-electron chi connectivity index (χ1n) is 6.49. The standard InChI is InChI=1S/C12H11N7OS/c20-12(18-4-1-2-8-10(18)6-13-15-8)11-9(3-5-21-11)19-7-14-16-17-19/h3,5-7H,1-2,4H2,(H,13,15). The molecule has 106 valence electrons. The Morgan fingerprint density at radius 3 is 3.19 bits per heavy atom. The highest BCUT2D eigenvalue weighted by Gasteiger charge is 2.27. The largest absolute Gasteiger partial charge is 0.304 e. The summed E-state index contributed by atoms with van der Waals surface area (Å²) in [6.07, 6.45) is 5.03. The Balaban J connectivity index is 1.73. The lowest BCUT2D eigenvalue weighted by atomic mass is 10.1. The Kier molecular flexibility index (Phi) is 2.78. The highest BCUT2D eigenvalue weighted by Crippen LogP contribution is 2.29. The van der Waals surface area contributed by atoms with Crippen LogP contribution < -0.4 is 4.90 Å². The number of tetrazole rings is 1. The van der Waals surface area contributed by atoms with Gasteiger partial charge in [-0.2, -0.15) is 9.78 Å². The second kappa shape index (κ2) is 4.77. The minimum atomic E-state index is -0.0437. The van der Waals surface area contributed by atoms with E-state index in [2.05, 4.69) is 25.7 Å². The van der Waals surface area contributed by atoms with Gasteiger partial charge in [0.15, 0.2) is 0 Å². The molecule has 0 aliphatic carbocycles. The molecule has 9 heteroatoms. The minimum absolute atomic E-state index is 0.0437. The SMILES string of the molecule is O=C(c1sccc1-n1cnnn1)N1CCCc2[nH]ncc21. The van der Waals surface area contributed by atoms with Gasteiger partial charge in [0.1, 0.15) is 11.2 Å². The average Bonchev–Trinajstić information content (AvgIpc) is 3.23. The molecule has 21 heavy (non-hydrogen) atoms. The van der Waals surface area contributed by atoms with E-state index < -0.39 is 0 Å². The molecule has 0 atom stereocenters. The van der Waals surface area contributed by atoms with Crippen molar-refractivity contribution in [1.82, 2.24) is 30.4 Å². The summed E-state index contributed by atoms with van der Waals surface area (Å²) in [5.74, 6) is -0.0437. The van der Waals surface area contributed by atoms with Crippen molar-refractivity contribution in [2.75, 3.05) is 11.4 Å². The van der Waals surface area contributed by atoms with Crippen molar-refractivity contribution in [2.45, 2.75) is 12.8 Å². The molecule has 0 spiro atoms. The number of rotatable bonds is 2. The van der Waals surface area contributed by atoms with Crippen molar-refractivity contribution in [3.63, 3.8) is 0 Å². The van der Waals surface area contributed by atoms with Crippen LogP contribution in [-0.2, 0) is 6.42 Å². The predicted molar refractivity (Wildman–Crippen MR) is 75.6 cm³/mol. The van der Waals surface area contributed by atoms with E-state index in [-0.39, 0.29) is 5.91 Å². The van der Waals surface area contributed by atoms with Crippen molar-refractivity contribution in [3.05, 3.63) is 34.5 Å². The fourth-order valence-electron chi connectivity index (χ4n) is 2.51. The maximum absolute atomic E-state index is 12.9. The number of amides is 1. The van der Waals surface area contributed by atoms with E-state index >= 15 is 0 Å². The first kappa shape index (κ1) is 12.2. The van der Waals surface area contributed by atoms with Crippen LogP contribution in [0.4, 0.5) is 5.69 Å². The summed E-state index contributed by atoms with van der Waals surface area (Å²) < 4.78 is 1.50. The number of aromatic amines is 1. The van der Waals surface area contributed by atoms with E-state index in [4.69, 9.17) is 0 Å². The van der Waals surface area contributed by atoms with E-state index in [1.165, 1.54) is 22.3 Å². The molecule has 0 saturated carbocycles. The van der Waals surface area contributed by atoms with Gasteiger partial charge in [0.25, 0.3) is 5.91 Å². The van der Waals surface area contributed by atoms with Crippen LogP contribution in [0.15, 0.2) is 24.0 Å². The van der Waals surface area contributed by atoms with Gasteiger partial charge in [-0.3, -0.25) is 9.89 Å². The van der Waals surface area contributed by atoms with Gasteiger partial charge in [0, 0.05) is 6.54 Å². The van der Waals surface area contributed by atoms with E-state index in [9.17, 15) is 4.79 Å². The lowest BCUT2D eigenvalue weighted by Gasteiger charge is -2.26. The normalized spacial score (nSPS) is 14.2. The molecule has 8 nitrogen and oxygen atoms in total. The molecule has 1 aliphatic heterocycles. The number of hydrogen-bond acceptors (Lipinski definition) is 6. The molecule has 1 N–H and O–H groups in total. The zero-order valence-electron chi connectivity index (χ0n) is 10.9. The van der Waals surface area contributed by atoms with Gasteiger partial charge in [-0.1, -0.05) is 0 Å². The Hall–Kier alpha value is -2.55. The van der Waals surface area contributed by atoms with Crippen LogP contribution in [0, 0.1) is 0 Å². The number of carbonyl (C=O) groups excluding carboxylic acids is 1. The minimum Gasteiger partial charge on any atom is -0.304 e. The summed E-state index contributed by atoms with van der Waals surface area (Å²) in [4.78, 5) is 15.2. The molecule has 0 aromatic carbocycles. The van der Waals surface area contributed by atoms with Gasteiger partial charge in [0.2, 0.25) is 0 Å². The van der Waals surface area contributed by atoms with E-state index in [1.807, 2.05) is 11.4 Å². The Labute approximate surface area is 123 Å². The first-order chi connectivity index (χ1) is 10.3. The van der Waals surface area contributed by atoms with Crippen LogP contribution in [0.2, 0.25) is 0 Å². The van der Waals surface area contributed by atoms with Crippen LogP contribution >= 0.6 is 11.3 Å². The molecular weight excluding hydrogens is 290 g/mol. The van der Waals surface area contributed by atoms with E-state index in [1.54, 1.807) is 11.1 Å². The number of anilines is 1. The number of hydrogen-bond donors (Lipinski definition) is 1. The van der Waals surface area contributed by atoms with Gasteiger partial charge >= 0.3 is 0 Å². The molecule has 0 radical (unpaired) electrons. The lowest BCUT2D eigenvalue weighted by molar-refractivity contribution is 0.0989. The fraction of sp³-hybridized carbons (Fsp3) is 0.250. The third-order valence-electron chi connectivity index (χ3n) is 3.47. The molecule has 0 bridgehead atoms. The topological polar surface area (TPSA) is 92.6 Å². The Morgan fingerprint density at radius 1 is 1.38 bits per heavy atom. The van der Waals surface area contributed by atoms with E-state index in [0.29, 0.717) is 17.1 Å². The number of aryl methyl sites for hydroxylation is 1. The summed E-state index contributed by atoms with van der Waals surface area (Å²) in [5.41, 5.74) is 2.57. The predicted octanol–water partition coefficient (Wildman–Crippen LogP) is 1.04. The molecule has 4 rings (SSSR count). The summed E-state index contributed by atoms with van der Waals surface area (Å²) in [6, 6.07) is 1.84. The lowest BCUT2D eigenvalue weighted by Crippen LogP contribution is -2.35. The van der Waals surface area contributed by atoms with Crippen LogP contribution in [-0.4, -0.2) is 42.9 Å². The molecular formula is C12H11N7OS. The summed E-state index contributed by atoms with van der Waals surface area (Å²) in [6.45, 7) is 0.693. The smallest absolute Gasteiger partial charge is 0.270 e. The molecule has 3 aromatic heterocycles. The number of fused-ring (bicyclic) bond motifs is 1. The van der Waals surface area contributed by atoms with Crippen molar-refractivity contribution in [3.8, 4) is 5.69 Å². The molecule has 0 fully saturated rings. The number of aromatic nitrogens is 6. The number of nitrogens with one attached hydrogen (secondary N) is 1. The summed E-state index contributed by atoms with van der Waals surface area (Å²) in [7, 11) is 0. The van der Waals surface area contributed by atoms with Gasteiger partial charge in [-0.05, 0) is 34.7 Å². The number of carbonyl (C=O) groups is 1. The van der Waals surface area contributed by atoms with Gasteiger partial charge < -0.3 is 4.90 Å². The number of thiophene rings is 1. The van der Waals surface area contributed by atoms with Crippen molar-refractivity contribution in [1.29, 1.82) is 0 Å². The van der Waals surface area contributed by atoms with E-state index in [0.717, 1.165) is 24.2 Å². The fourth-order valence-corrected chi connectivity index (χ4v) is 3.33. The van der Waals surface area contributed by atoms with Crippen LogP contribution in [0.1, 0.15) is 21.8 Å². The van der Waals surface area contributed by atoms with Gasteiger partial charge in [-0.15, -0.1) is 16.4 Å². The van der Waals surface area contributed by atoms with Gasteiger partial charge in [0.05, 0.1) is 23.3 Å². The second-order valence-electron chi connectivity index (χ2n) is 4.68. The quantitative estimate of drug-likeness (QED) is 0.763. The zero-order valence-corrected chi connectivity index (χ0v) is 11.7. The van der Waals surface area contributed by atoms with Crippen molar-refractivity contribution in [2.24, 2.45) is 0 Å². The Morgan fingerprint density at radius 2 is 2.33 bits per heavy atom. The van der Waals surface area contributed by atoms with Crippen LogP contribution in [0.5, 0.6) is 0 Å². The third-order valence-corrected chi connectivity index (χ3v) is 4.37. The number of nitrogens with zero attached hydrogens (tertiary/aromatic N) is 6. The number of H-pyrrole nitrogens is 1. The molecule has 0 saturated heterocycles. The highest BCUT2D eigenvalue weighted by atomic mass is 32.1. The summed E-state index contributed by atoms with van der Waals surface area (Å²) in [5, 5.41) is 19.9. The van der Waals surface area contributed by atoms with Crippen molar-refractivity contribution >= 4 is 22.9 Å². The molecule has 0 unspecified atom stereocenters. The first-order valence-corrected chi connectivity index (χ1v) is 7.37. The van der Waals surface area contributed by atoms with Gasteiger partial charge in [-0.25, -0.2) is 0 Å². The maximum Gasteiger partial charge on any atom is 0.270 e.